The summed E-state index contributed by atoms with van der Waals surface area (Å²) in [6.07, 6.45) is 2.58. The highest BCUT2D eigenvalue weighted by Crippen LogP contribution is 2.40. The number of aryl methyl sites for hydroxylation is 1. The lowest BCUT2D eigenvalue weighted by Gasteiger charge is -2.38. The molecule has 0 bridgehead atoms. The first-order chi connectivity index (χ1) is 8.55. The van der Waals surface area contributed by atoms with Gasteiger partial charge in [-0.05, 0) is 50.3 Å². The summed E-state index contributed by atoms with van der Waals surface area (Å²) in [4.78, 5) is 0. The predicted molar refractivity (Wildman–Crippen MR) is 76.4 cm³/mol. The summed E-state index contributed by atoms with van der Waals surface area (Å²) < 4.78 is 5.56. The van der Waals surface area contributed by atoms with E-state index in [1.165, 1.54) is 24.0 Å². The first-order valence-electron chi connectivity index (χ1n) is 6.91. The van der Waals surface area contributed by atoms with E-state index in [9.17, 15) is 0 Å². The Kier molecular flexibility index (Phi) is 3.96. The highest BCUT2D eigenvalue weighted by Gasteiger charge is 2.34. The number of rotatable bonds is 3. The standard InChI is InChI=1S/C16H25NO/c1-12-7-8-15(18-4)14(10-12)16(2,3)13-6-5-9-17-11-13/h7-8,10,13,17H,5-6,9,11H2,1-4H3. The Morgan fingerprint density at radius 2 is 2.11 bits per heavy atom. The average Bonchev–Trinajstić information content (AvgIpc) is 2.39. The molecule has 0 amide bonds. The average molecular weight is 247 g/mol. The van der Waals surface area contributed by atoms with Gasteiger partial charge in [0.2, 0.25) is 0 Å². The van der Waals surface area contributed by atoms with Crippen molar-refractivity contribution in [2.75, 3.05) is 20.2 Å². The molecule has 1 aromatic rings. The second-order valence-electron chi connectivity index (χ2n) is 5.97. The van der Waals surface area contributed by atoms with Gasteiger partial charge in [-0.15, -0.1) is 0 Å². The maximum absolute atomic E-state index is 5.56. The minimum Gasteiger partial charge on any atom is -0.496 e. The molecule has 1 aliphatic heterocycles. The Labute approximate surface area is 111 Å². The van der Waals surface area contributed by atoms with Crippen LogP contribution in [0, 0.1) is 12.8 Å². The van der Waals surface area contributed by atoms with Gasteiger partial charge >= 0.3 is 0 Å². The van der Waals surface area contributed by atoms with Crippen molar-refractivity contribution >= 4 is 0 Å². The predicted octanol–water partition coefficient (Wildman–Crippen LogP) is 3.28. The Bertz CT molecular complexity index is 406. The van der Waals surface area contributed by atoms with E-state index in [1.54, 1.807) is 7.11 Å². The number of piperidine rings is 1. The van der Waals surface area contributed by atoms with E-state index in [0.717, 1.165) is 18.8 Å². The van der Waals surface area contributed by atoms with Crippen molar-refractivity contribution in [3.8, 4) is 5.75 Å². The van der Waals surface area contributed by atoms with Gasteiger partial charge in [-0.3, -0.25) is 0 Å². The smallest absolute Gasteiger partial charge is 0.122 e. The summed E-state index contributed by atoms with van der Waals surface area (Å²) in [5.74, 6) is 1.71. The topological polar surface area (TPSA) is 21.3 Å². The van der Waals surface area contributed by atoms with Crippen molar-refractivity contribution in [1.29, 1.82) is 0 Å². The van der Waals surface area contributed by atoms with E-state index in [1.807, 2.05) is 0 Å². The SMILES string of the molecule is COc1ccc(C)cc1C(C)(C)C1CCCNC1. The van der Waals surface area contributed by atoms with Crippen LogP contribution >= 0.6 is 0 Å². The Balaban J connectivity index is 2.35. The largest absolute Gasteiger partial charge is 0.496 e. The Hall–Kier alpha value is -1.02. The van der Waals surface area contributed by atoms with Crippen molar-refractivity contribution in [3.05, 3.63) is 29.3 Å². The van der Waals surface area contributed by atoms with E-state index in [4.69, 9.17) is 4.74 Å². The molecule has 0 radical (unpaired) electrons. The molecule has 1 aromatic carbocycles. The van der Waals surface area contributed by atoms with Gasteiger partial charge in [0.25, 0.3) is 0 Å². The molecule has 18 heavy (non-hydrogen) atoms. The number of hydrogen-bond donors (Lipinski definition) is 1. The van der Waals surface area contributed by atoms with E-state index in [2.05, 4.69) is 44.3 Å². The zero-order chi connectivity index (χ0) is 13.2. The highest BCUT2D eigenvalue weighted by molar-refractivity contribution is 5.42. The zero-order valence-electron chi connectivity index (χ0n) is 12.0. The molecule has 2 nitrogen and oxygen atoms in total. The maximum atomic E-state index is 5.56. The molecular formula is C16H25NO. The molecule has 1 unspecified atom stereocenters. The molecule has 0 aliphatic carbocycles. The minimum atomic E-state index is 0.158. The fourth-order valence-corrected chi connectivity index (χ4v) is 3.01. The molecule has 1 aliphatic rings. The van der Waals surface area contributed by atoms with Crippen LogP contribution in [0.4, 0.5) is 0 Å². The van der Waals surface area contributed by atoms with Crippen LogP contribution < -0.4 is 10.1 Å². The quantitative estimate of drug-likeness (QED) is 0.885. The molecule has 1 N–H and O–H groups in total. The van der Waals surface area contributed by atoms with Crippen molar-refractivity contribution in [2.24, 2.45) is 5.92 Å². The lowest BCUT2D eigenvalue weighted by Crippen LogP contribution is -2.40. The second kappa shape index (κ2) is 5.31. The minimum absolute atomic E-state index is 0.158. The number of nitrogens with one attached hydrogen (secondary N) is 1. The number of methoxy groups -OCH3 is 1. The normalized spacial score (nSPS) is 20.8. The van der Waals surface area contributed by atoms with Gasteiger partial charge in [-0.1, -0.05) is 31.5 Å². The molecule has 1 atom stereocenters. The van der Waals surface area contributed by atoms with E-state index in [0.29, 0.717) is 5.92 Å². The van der Waals surface area contributed by atoms with Gasteiger partial charge in [0.15, 0.2) is 0 Å². The number of benzene rings is 1. The summed E-state index contributed by atoms with van der Waals surface area (Å²) in [7, 11) is 1.77. The fraction of sp³-hybridized carbons (Fsp3) is 0.625. The molecule has 2 rings (SSSR count). The second-order valence-corrected chi connectivity index (χ2v) is 5.97. The van der Waals surface area contributed by atoms with Crippen LogP contribution in [0.15, 0.2) is 18.2 Å². The molecule has 1 fully saturated rings. The molecule has 2 heteroatoms. The Morgan fingerprint density at radius 3 is 2.72 bits per heavy atom. The first kappa shape index (κ1) is 13.4. The molecule has 0 spiro atoms. The van der Waals surface area contributed by atoms with Crippen molar-refractivity contribution in [1.82, 2.24) is 5.32 Å². The molecule has 0 saturated carbocycles. The maximum Gasteiger partial charge on any atom is 0.122 e. The molecular weight excluding hydrogens is 222 g/mol. The number of ether oxygens (including phenoxy) is 1. The summed E-state index contributed by atoms with van der Waals surface area (Å²) in [5, 5.41) is 3.52. The van der Waals surface area contributed by atoms with E-state index < -0.39 is 0 Å². The Morgan fingerprint density at radius 1 is 1.33 bits per heavy atom. The van der Waals surface area contributed by atoms with Gasteiger partial charge in [0.05, 0.1) is 7.11 Å². The van der Waals surface area contributed by atoms with Gasteiger partial charge < -0.3 is 10.1 Å². The number of hydrogen-bond acceptors (Lipinski definition) is 2. The third-order valence-corrected chi connectivity index (χ3v) is 4.37. The summed E-state index contributed by atoms with van der Waals surface area (Å²) in [5.41, 5.74) is 2.81. The van der Waals surface area contributed by atoms with E-state index in [-0.39, 0.29) is 5.41 Å². The van der Waals surface area contributed by atoms with Crippen LogP contribution in [0.25, 0.3) is 0 Å². The van der Waals surface area contributed by atoms with Gasteiger partial charge in [0, 0.05) is 5.56 Å². The molecule has 1 heterocycles. The lowest BCUT2D eigenvalue weighted by atomic mass is 9.70. The van der Waals surface area contributed by atoms with E-state index >= 15 is 0 Å². The molecule has 100 valence electrons. The summed E-state index contributed by atoms with van der Waals surface area (Å²) in [6, 6.07) is 6.51. The summed E-state index contributed by atoms with van der Waals surface area (Å²) in [6.45, 7) is 9.13. The summed E-state index contributed by atoms with van der Waals surface area (Å²) >= 11 is 0. The highest BCUT2D eigenvalue weighted by atomic mass is 16.5. The third-order valence-electron chi connectivity index (χ3n) is 4.37. The first-order valence-corrected chi connectivity index (χ1v) is 6.91. The monoisotopic (exact) mass is 247 g/mol. The third kappa shape index (κ3) is 2.54. The van der Waals surface area contributed by atoms with Crippen LogP contribution in [0.3, 0.4) is 0 Å². The van der Waals surface area contributed by atoms with Crippen LogP contribution in [0.5, 0.6) is 5.75 Å². The zero-order valence-corrected chi connectivity index (χ0v) is 12.0. The van der Waals surface area contributed by atoms with Crippen molar-refractivity contribution in [2.45, 2.75) is 39.0 Å². The van der Waals surface area contributed by atoms with Crippen LogP contribution in [-0.4, -0.2) is 20.2 Å². The van der Waals surface area contributed by atoms with Gasteiger partial charge in [-0.2, -0.15) is 0 Å². The van der Waals surface area contributed by atoms with Crippen molar-refractivity contribution < 1.29 is 4.74 Å². The van der Waals surface area contributed by atoms with Crippen LogP contribution in [0.2, 0.25) is 0 Å². The molecule has 0 aromatic heterocycles. The van der Waals surface area contributed by atoms with Gasteiger partial charge in [-0.25, -0.2) is 0 Å². The lowest BCUT2D eigenvalue weighted by molar-refractivity contribution is 0.245. The van der Waals surface area contributed by atoms with Crippen molar-refractivity contribution in [3.63, 3.8) is 0 Å². The molecule has 1 saturated heterocycles. The van der Waals surface area contributed by atoms with Crippen LogP contribution in [-0.2, 0) is 5.41 Å². The fourth-order valence-electron chi connectivity index (χ4n) is 3.01. The van der Waals surface area contributed by atoms with Crippen LogP contribution in [0.1, 0.15) is 37.8 Å². The van der Waals surface area contributed by atoms with Gasteiger partial charge in [0.1, 0.15) is 5.75 Å².